The van der Waals surface area contributed by atoms with Gasteiger partial charge in [-0.15, -0.1) is 0 Å². The van der Waals surface area contributed by atoms with Gasteiger partial charge in [-0.2, -0.15) is 0 Å². The van der Waals surface area contributed by atoms with Crippen LogP contribution in [0.25, 0.3) is 0 Å². The summed E-state index contributed by atoms with van der Waals surface area (Å²) in [6.45, 7) is 1.90. The molecule has 0 radical (unpaired) electrons. The van der Waals surface area contributed by atoms with Crippen LogP contribution in [-0.4, -0.2) is 30.1 Å². The van der Waals surface area contributed by atoms with Crippen LogP contribution < -0.4 is 10.1 Å². The van der Waals surface area contributed by atoms with Gasteiger partial charge in [-0.3, -0.25) is 9.59 Å². The molecule has 1 amide bonds. The van der Waals surface area contributed by atoms with Gasteiger partial charge in [0.15, 0.2) is 6.61 Å². The molecule has 0 spiro atoms. The molecule has 0 aromatic heterocycles. The van der Waals surface area contributed by atoms with E-state index in [9.17, 15) is 14.7 Å². The minimum absolute atomic E-state index is 0.0698. The molecule has 2 aromatic rings. The monoisotopic (exact) mass is 327 g/mol. The van der Waals surface area contributed by atoms with Crippen LogP contribution in [0.1, 0.15) is 11.1 Å². The molecule has 2 rings (SSSR count). The largest absolute Gasteiger partial charge is 0.484 e. The summed E-state index contributed by atoms with van der Waals surface area (Å²) in [5.41, 5.74) is 2.03. The van der Waals surface area contributed by atoms with Crippen molar-refractivity contribution in [1.29, 1.82) is 0 Å². The fourth-order valence-corrected chi connectivity index (χ4v) is 2.22. The van der Waals surface area contributed by atoms with E-state index in [0.717, 1.165) is 11.1 Å². The van der Waals surface area contributed by atoms with Crippen molar-refractivity contribution in [3.63, 3.8) is 0 Å². The van der Waals surface area contributed by atoms with Gasteiger partial charge in [-0.1, -0.05) is 48.0 Å². The number of aliphatic carboxylic acids is 1. The second-order valence-electron chi connectivity index (χ2n) is 5.63. The average Bonchev–Trinajstić information content (AvgIpc) is 2.58. The summed E-state index contributed by atoms with van der Waals surface area (Å²) < 4.78 is 5.37. The zero-order valence-electron chi connectivity index (χ0n) is 13.6. The van der Waals surface area contributed by atoms with E-state index >= 15 is 0 Å². The molecule has 2 N–H and O–H groups in total. The molecule has 0 saturated carbocycles. The Bertz CT molecular complexity index is 668. The van der Waals surface area contributed by atoms with E-state index in [2.05, 4.69) is 5.32 Å². The van der Waals surface area contributed by atoms with E-state index < -0.39 is 11.9 Å². The molecular formula is C19H21NO4. The van der Waals surface area contributed by atoms with Crippen molar-refractivity contribution >= 4 is 11.9 Å². The second-order valence-corrected chi connectivity index (χ2v) is 5.63. The van der Waals surface area contributed by atoms with Gasteiger partial charge in [0.1, 0.15) is 5.75 Å². The van der Waals surface area contributed by atoms with Crippen molar-refractivity contribution in [3.05, 3.63) is 65.7 Å². The number of benzene rings is 2. The van der Waals surface area contributed by atoms with Crippen LogP contribution in [0.5, 0.6) is 5.75 Å². The molecule has 5 nitrogen and oxygen atoms in total. The van der Waals surface area contributed by atoms with Crippen LogP contribution in [0, 0.1) is 12.8 Å². The molecule has 1 unspecified atom stereocenters. The van der Waals surface area contributed by atoms with E-state index in [-0.39, 0.29) is 19.1 Å². The zero-order valence-corrected chi connectivity index (χ0v) is 13.6. The lowest BCUT2D eigenvalue weighted by Crippen LogP contribution is -2.36. The number of carboxylic acids is 1. The van der Waals surface area contributed by atoms with Crippen molar-refractivity contribution in [1.82, 2.24) is 5.32 Å². The molecule has 0 aliphatic rings. The Morgan fingerprint density at radius 1 is 1.08 bits per heavy atom. The Labute approximate surface area is 141 Å². The topological polar surface area (TPSA) is 75.6 Å². The average molecular weight is 327 g/mol. The van der Waals surface area contributed by atoms with Crippen LogP contribution in [0.15, 0.2) is 54.6 Å². The number of nitrogens with one attached hydrogen (secondary N) is 1. The predicted octanol–water partition coefficient (Wildman–Crippen LogP) is 2.43. The third-order valence-corrected chi connectivity index (χ3v) is 3.61. The summed E-state index contributed by atoms with van der Waals surface area (Å²) in [6.07, 6.45) is 0.370. The van der Waals surface area contributed by atoms with Gasteiger partial charge in [0.2, 0.25) is 0 Å². The summed E-state index contributed by atoms with van der Waals surface area (Å²) in [5, 5.41) is 11.9. The fraction of sp³-hybridized carbons (Fsp3) is 0.263. The van der Waals surface area contributed by atoms with E-state index in [1.165, 1.54) is 0 Å². The Morgan fingerprint density at radius 3 is 2.38 bits per heavy atom. The molecule has 0 saturated heterocycles. The number of carbonyl (C=O) groups excluding carboxylic acids is 1. The summed E-state index contributed by atoms with van der Waals surface area (Å²) in [4.78, 5) is 23.2. The third kappa shape index (κ3) is 5.76. The van der Waals surface area contributed by atoms with Gasteiger partial charge < -0.3 is 15.2 Å². The van der Waals surface area contributed by atoms with E-state index in [0.29, 0.717) is 12.2 Å². The number of aryl methyl sites for hydroxylation is 1. The minimum atomic E-state index is -0.932. The quantitative estimate of drug-likeness (QED) is 0.781. The maximum absolute atomic E-state index is 11.8. The lowest BCUT2D eigenvalue weighted by molar-refractivity contribution is -0.141. The van der Waals surface area contributed by atoms with Crippen LogP contribution in [0.3, 0.4) is 0 Å². The number of hydrogen-bond donors (Lipinski definition) is 2. The molecule has 0 heterocycles. The smallest absolute Gasteiger partial charge is 0.308 e. The lowest BCUT2D eigenvalue weighted by atomic mass is 9.99. The Kier molecular flexibility index (Phi) is 6.37. The maximum atomic E-state index is 11.8. The molecule has 0 aliphatic heterocycles. The third-order valence-electron chi connectivity index (χ3n) is 3.61. The summed E-state index contributed by atoms with van der Waals surface area (Å²) in [5.74, 6) is -1.33. The Hall–Kier alpha value is -2.82. The maximum Gasteiger partial charge on any atom is 0.308 e. The normalized spacial score (nSPS) is 11.5. The number of rotatable bonds is 8. The molecule has 24 heavy (non-hydrogen) atoms. The van der Waals surface area contributed by atoms with Crippen LogP contribution in [0.2, 0.25) is 0 Å². The van der Waals surface area contributed by atoms with E-state index in [1.54, 1.807) is 12.1 Å². The number of ether oxygens (including phenoxy) is 1. The number of amides is 1. The fourth-order valence-electron chi connectivity index (χ4n) is 2.22. The Morgan fingerprint density at radius 2 is 1.75 bits per heavy atom. The molecule has 1 atom stereocenters. The van der Waals surface area contributed by atoms with Gasteiger partial charge in [0.05, 0.1) is 5.92 Å². The van der Waals surface area contributed by atoms with Crippen molar-refractivity contribution in [2.24, 2.45) is 5.92 Å². The SMILES string of the molecule is Cc1ccc(OCC(=O)NCC(Cc2ccccc2)C(=O)O)cc1. The van der Waals surface area contributed by atoms with Crippen LogP contribution in [0.4, 0.5) is 0 Å². The van der Waals surface area contributed by atoms with E-state index in [1.807, 2.05) is 49.4 Å². The van der Waals surface area contributed by atoms with Crippen LogP contribution in [-0.2, 0) is 16.0 Å². The standard InChI is InChI=1S/C19H21NO4/c1-14-7-9-17(10-8-14)24-13-18(21)20-12-16(19(22)23)11-15-5-3-2-4-6-15/h2-10,16H,11-13H2,1H3,(H,20,21)(H,22,23). The van der Waals surface area contributed by atoms with Gasteiger partial charge in [-0.05, 0) is 31.0 Å². The first-order valence-corrected chi connectivity index (χ1v) is 7.77. The number of carboxylic acid groups (broad SMARTS) is 1. The van der Waals surface area contributed by atoms with Gasteiger partial charge >= 0.3 is 5.97 Å². The number of hydrogen-bond acceptors (Lipinski definition) is 3. The number of carbonyl (C=O) groups is 2. The predicted molar refractivity (Wildman–Crippen MR) is 91.0 cm³/mol. The molecule has 2 aromatic carbocycles. The summed E-state index contributed by atoms with van der Waals surface area (Å²) in [7, 11) is 0. The lowest BCUT2D eigenvalue weighted by Gasteiger charge is -2.14. The highest BCUT2D eigenvalue weighted by Gasteiger charge is 2.19. The molecule has 5 heteroatoms. The van der Waals surface area contributed by atoms with E-state index in [4.69, 9.17) is 4.74 Å². The molecule has 126 valence electrons. The van der Waals surface area contributed by atoms with Crippen molar-refractivity contribution in [2.75, 3.05) is 13.2 Å². The zero-order chi connectivity index (χ0) is 17.4. The first-order valence-electron chi connectivity index (χ1n) is 7.77. The molecule has 0 bridgehead atoms. The Balaban J connectivity index is 1.79. The van der Waals surface area contributed by atoms with Crippen molar-refractivity contribution in [3.8, 4) is 5.75 Å². The molecule has 0 aliphatic carbocycles. The van der Waals surface area contributed by atoms with Crippen molar-refractivity contribution < 1.29 is 19.4 Å². The first kappa shape index (κ1) is 17.5. The van der Waals surface area contributed by atoms with Gasteiger partial charge in [0.25, 0.3) is 5.91 Å². The first-order chi connectivity index (χ1) is 11.5. The summed E-state index contributed by atoms with van der Waals surface area (Å²) >= 11 is 0. The van der Waals surface area contributed by atoms with Crippen LogP contribution >= 0.6 is 0 Å². The highest BCUT2D eigenvalue weighted by Crippen LogP contribution is 2.11. The molecule has 0 fully saturated rings. The highest BCUT2D eigenvalue weighted by atomic mass is 16.5. The van der Waals surface area contributed by atoms with Gasteiger partial charge in [-0.25, -0.2) is 0 Å². The van der Waals surface area contributed by atoms with Gasteiger partial charge in [0, 0.05) is 6.54 Å². The highest BCUT2D eigenvalue weighted by molar-refractivity contribution is 5.78. The summed E-state index contributed by atoms with van der Waals surface area (Å²) in [6, 6.07) is 16.7. The second kappa shape index (κ2) is 8.72. The van der Waals surface area contributed by atoms with Crippen molar-refractivity contribution in [2.45, 2.75) is 13.3 Å². The minimum Gasteiger partial charge on any atom is -0.484 e. The molecular weight excluding hydrogens is 306 g/mol.